The summed E-state index contributed by atoms with van der Waals surface area (Å²) in [5.74, 6) is -1.62. The van der Waals surface area contributed by atoms with E-state index in [0.717, 1.165) is 37.9 Å². The molecule has 0 aliphatic carbocycles. The number of piperidine rings is 1. The molecule has 0 radical (unpaired) electrons. The Bertz CT molecular complexity index is 1010. The predicted octanol–water partition coefficient (Wildman–Crippen LogP) is 0.935. The third kappa shape index (κ3) is 7.00. The molecule has 0 spiro atoms. The standard InChI is InChI=1S/C23H34N4O6S/c1-2-3-12-34(32,33)26-20(23(30)31)14-25-21(28)17-4-5-18-15-27(22(29)19(18)13-17)11-8-16-6-9-24-10-7-16/h4-5,13,16,20,24,26H,2-3,6-12,14-15H2,1H3,(H,25,28)(H,30,31)/t20-/m0/s1. The van der Waals surface area contributed by atoms with Crippen LogP contribution < -0.4 is 15.4 Å². The molecule has 4 N–H and O–H groups in total. The molecule has 10 nitrogen and oxygen atoms in total. The molecule has 34 heavy (non-hydrogen) atoms. The van der Waals surface area contributed by atoms with Crippen molar-refractivity contribution in [2.24, 2.45) is 5.92 Å². The normalized spacial score (nSPS) is 17.4. The zero-order valence-corrected chi connectivity index (χ0v) is 20.3. The summed E-state index contributed by atoms with van der Waals surface area (Å²) in [6.07, 6.45) is 4.25. The largest absolute Gasteiger partial charge is 0.480 e. The topological polar surface area (TPSA) is 145 Å². The van der Waals surface area contributed by atoms with Crippen molar-refractivity contribution in [3.05, 3.63) is 34.9 Å². The molecule has 1 aromatic rings. The molecule has 1 aromatic carbocycles. The fraction of sp³-hybridized carbons (Fsp3) is 0.609. The van der Waals surface area contributed by atoms with Crippen molar-refractivity contribution in [1.82, 2.24) is 20.3 Å². The van der Waals surface area contributed by atoms with E-state index in [4.69, 9.17) is 0 Å². The van der Waals surface area contributed by atoms with Crippen LogP contribution in [0.5, 0.6) is 0 Å². The van der Waals surface area contributed by atoms with Crippen LogP contribution >= 0.6 is 0 Å². The number of unbranched alkanes of at least 4 members (excludes halogenated alkanes) is 1. The molecule has 11 heteroatoms. The van der Waals surface area contributed by atoms with Crippen LogP contribution in [0.25, 0.3) is 0 Å². The summed E-state index contributed by atoms with van der Waals surface area (Å²) in [4.78, 5) is 38.8. The molecule has 1 atom stereocenters. The predicted molar refractivity (Wildman–Crippen MR) is 127 cm³/mol. The maximum atomic E-state index is 12.9. The number of aliphatic carboxylic acids is 1. The number of amides is 2. The summed E-state index contributed by atoms with van der Waals surface area (Å²) >= 11 is 0. The summed E-state index contributed by atoms with van der Waals surface area (Å²) in [5.41, 5.74) is 1.57. The van der Waals surface area contributed by atoms with Gasteiger partial charge in [0.2, 0.25) is 10.0 Å². The van der Waals surface area contributed by atoms with Crippen LogP contribution in [0, 0.1) is 5.92 Å². The van der Waals surface area contributed by atoms with Crippen LogP contribution in [0.3, 0.4) is 0 Å². The number of sulfonamides is 1. The maximum absolute atomic E-state index is 12.9. The van der Waals surface area contributed by atoms with E-state index in [1.807, 2.05) is 6.92 Å². The lowest BCUT2D eigenvalue weighted by Crippen LogP contribution is -2.48. The minimum absolute atomic E-state index is 0.106. The minimum atomic E-state index is -3.77. The SMILES string of the molecule is CCCCS(=O)(=O)N[C@@H](CNC(=O)c1ccc2c(c1)C(=O)N(CCC1CCNCC1)C2)C(=O)O. The highest BCUT2D eigenvalue weighted by Crippen LogP contribution is 2.26. The number of rotatable bonds is 12. The molecule has 0 bridgehead atoms. The van der Waals surface area contributed by atoms with Gasteiger partial charge in [-0.1, -0.05) is 19.4 Å². The Kier molecular flexibility index (Phi) is 9.03. The molecule has 0 saturated carbocycles. The number of hydrogen-bond acceptors (Lipinski definition) is 6. The number of carboxylic acids is 1. The molecule has 2 amide bonds. The second-order valence-corrected chi connectivity index (χ2v) is 10.8. The van der Waals surface area contributed by atoms with Gasteiger partial charge in [0.1, 0.15) is 6.04 Å². The lowest BCUT2D eigenvalue weighted by Gasteiger charge is -2.25. The van der Waals surface area contributed by atoms with Gasteiger partial charge in [-0.3, -0.25) is 14.4 Å². The minimum Gasteiger partial charge on any atom is -0.480 e. The van der Waals surface area contributed by atoms with Gasteiger partial charge in [0, 0.05) is 30.8 Å². The maximum Gasteiger partial charge on any atom is 0.323 e. The van der Waals surface area contributed by atoms with Crippen LogP contribution in [0.15, 0.2) is 18.2 Å². The van der Waals surface area contributed by atoms with Crippen LogP contribution in [0.2, 0.25) is 0 Å². The highest BCUT2D eigenvalue weighted by atomic mass is 32.2. The first-order valence-electron chi connectivity index (χ1n) is 11.8. The second-order valence-electron chi connectivity index (χ2n) is 8.97. The van der Waals surface area contributed by atoms with Crippen molar-refractivity contribution in [2.45, 2.75) is 51.6 Å². The molecule has 0 aromatic heterocycles. The van der Waals surface area contributed by atoms with Crippen molar-refractivity contribution in [3.63, 3.8) is 0 Å². The van der Waals surface area contributed by atoms with Gasteiger partial charge in [-0.25, -0.2) is 8.42 Å². The van der Waals surface area contributed by atoms with Crippen molar-refractivity contribution >= 4 is 27.8 Å². The van der Waals surface area contributed by atoms with E-state index < -0.39 is 34.5 Å². The summed E-state index contributed by atoms with van der Waals surface area (Å²) < 4.78 is 26.2. The van der Waals surface area contributed by atoms with E-state index in [1.54, 1.807) is 17.0 Å². The van der Waals surface area contributed by atoms with Gasteiger partial charge in [0.05, 0.1) is 5.75 Å². The van der Waals surface area contributed by atoms with Crippen LogP contribution in [0.1, 0.15) is 65.3 Å². The highest BCUT2D eigenvalue weighted by Gasteiger charge is 2.29. The van der Waals surface area contributed by atoms with Gasteiger partial charge in [0.25, 0.3) is 11.8 Å². The monoisotopic (exact) mass is 494 g/mol. The number of carbonyl (C=O) groups is 3. The Balaban J connectivity index is 1.57. The quantitative estimate of drug-likeness (QED) is 0.338. The van der Waals surface area contributed by atoms with Crippen LogP contribution in [0.4, 0.5) is 0 Å². The van der Waals surface area contributed by atoms with E-state index in [9.17, 15) is 27.9 Å². The van der Waals surface area contributed by atoms with Gasteiger partial charge in [-0.15, -0.1) is 0 Å². The summed E-state index contributed by atoms with van der Waals surface area (Å²) in [6, 6.07) is 3.39. The zero-order chi connectivity index (χ0) is 24.7. The fourth-order valence-electron chi connectivity index (χ4n) is 4.28. The van der Waals surface area contributed by atoms with Gasteiger partial charge < -0.3 is 20.6 Å². The van der Waals surface area contributed by atoms with Crippen molar-refractivity contribution in [3.8, 4) is 0 Å². The van der Waals surface area contributed by atoms with Gasteiger partial charge in [-0.05, 0) is 62.4 Å². The lowest BCUT2D eigenvalue weighted by atomic mass is 9.94. The summed E-state index contributed by atoms with van der Waals surface area (Å²) in [6.45, 7) is 4.65. The molecule has 1 saturated heterocycles. The van der Waals surface area contributed by atoms with Crippen molar-refractivity contribution < 1.29 is 27.9 Å². The van der Waals surface area contributed by atoms with E-state index in [0.29, 0.717) is 37.4 Å². The smallest absolute Gasteiger partial charge is 0.323 e. The zero-order valence-electron chi connectivity index (χ0n) is 19.5. The first kappa shape index (κ1) is 26.1. The molecule has 0 unspecified atom stereocenters. The first-order chi connectivity index (χ1) is 16.2. The van der Waals surface area contributed by atoms with E-state index in [-0.39, 0.29) is 17.2 Å². The third-order valence-corrected chi connectivity index (χ3v) is 7.84. The average molecular weight is 495 g/mol. The number of carboxylic acid groups (broad SMARTS) is 1. The van der Waals surface area contributed by atoms with Gasteiger partial charge in [-0.2, -0.15) is 4.72 Å². The molecule has 188 valence electrons. The Morgan fingerprint density at radius 1 is 1.26 bits per heavy atom. The lowest BCUT2D eigenvalue weighted by molar-refractivity contribution is -0.138. The van der Waals surface area contributed by atoms with E-state index in [1.165, 1.54) is 6.07 Å². The molecule has 2 aliphatic rings. The van der Waals surface area contributed by atoms with Crippen LogP contribution in [-0.2, 0) is 21.4 Å². The number of carbonyl (C=O) groups excluding carboxylic acids is 2. The number of benzene rings is 1. The molecule has 2 aliphatic heterocycles. The van der Waals surface area contributed by atoms with Crippen molar-refractivity contribution in [2.75, 3.05) is 31.9 Å². The first-order valence-corrected chi connectivity index (χ1v) is 13.5. The van der Waals surface area contributed by atoms with Gasteiger partial charge >= 0.3 is 5.97 Å². The van der Waals surface area contributed by atoms with Crippen LogP contribution in [-0.4, -0.2) is 74.2 Å². The second kappa shape index (κ2) is 11.8. The average Bonchev–Trinajstić information content (AvgIpc) is 3.14. The Morgan fingerprint density at radius 3 is 2.68 bits per heavy atom. The van der Waals surface area contributed by atoms with E-state index in [2.05, 4.69) is 15.4 Å². The molecular weight excluding hydrogens is 460 g/mol. The third-order valence-electron chi connectivity index (χ3n) is 6.37. The van der Waals surface area contributed by atoms with Gasteiger partial charge in [0.15, 0.2) is 0 Å². The molecule has 2 heterocycles. The molecule has 1 fully saturated rings. The van der Waals surface area contributed by atoms with Crippen molar-refractivity contribution in [1.29, 1.82) is 0 Å². The Labute approximate surface area is 200 Å². The fourth-order valence-corrected chi connectivity index (χ4v) is 5.68. The number of nitrogens with one attached hydrogen (secondary N) is 3. The Morgan fingerprint density at radius 2 is 2.00 bits per heavy atom. The van der Waals surface area contributed by atoms with E-state index >= 15 is 0 Å². The molecule has 3 rings (SSSR count). The number of nitrogens with zero attached hydrogens (tertiary/aromatic N) is 1. The Hall–Kier alpha value is -2.50. The number of hydrogen-bond donors (Lipinski definition) is 4. The highest BCUT2D eigenvalue weighted by molar-refractivity contribution is 7.89. The molecular formula is C23H34N4O6S. The summed E-state index contributed by atoms with van der Waals surface area (Å²) in [7, 11) is -3.77. The summed E-state index contributed by atoms with van der Waals surface area (Å²) in [5, 5.41) is 15.2. The number of fused-ring (bicyclic) bond motifs is 1.